The van der Waals surface area contributed by atoms with Crippen molar-refractivity contribution in [2.45, 2.75) is 37.6 Å². The number of halogens is 4. The Kier molecular flexibility index (Phi) is 7.42. The molecule has 1 aliphatic rings. The second-order valence-corrected chi connectivity index (χ2v) is 8.69. The zero-order valence-electron chi connectivity index (χ0n) is 20.1. The van der Waals surface area contributed by atoms with Crippen molar-refractivity contribution >= 4 is 11.7 Å². The molecule has 1 aromatic heterocycles. The fourth-order valence-corrected chi connectivity index (χ4v) is 4.46. The summed E-state index contributed by atoms with van der Waals surface area (Å²) in [6, 6.07) is 10.4. The molecule has 0 aliphatic carbocycles. The van der Waals surface area contributed by atoms with Gasteiger partial charge in [0.15, 0.2) is 5.54 Å². The molecule has 0 saturated carbocycles. The third-order valence-corrected chi connectivity index (χ3v) is 6.57. The molecular weight excluding hydrogens is 494 g/mol. The Balaban J connectivity index is 1.57. The van der Waals surface area contributed by atoms with Crippen molar-refractivity contribution in [2.24, 2.45) is 5.73 Å². The zero-order valence-corrected chi connectivity index (χ0v) is 20.1. The van der Waals surface area contributed by atoms with Crippen LogP contribution < -0.4 is 21.5 Å². The van der Waals surface area contributed by atoms with E-state index in [-0.39, 0.29) is 62.0 Å². The number of nitrogens with one attached hydrogen (secondary N) is 1. The van der Waals surface area contributed by atoms with E-state index in [2.05, 4.69) is 10.4 Å². The number of rotatable bonds is 7. The number of methoxy groups -OCH3 is 1. The van der Waals surface area contributed by atoms with Gasteiger partial charge in [-0.3, -0.25) is 4.79 Å². The second kappa shape index (κ2) is 10.4. The fourth-order valence-electron chi connectivity index (χ4n) is 4.46. The molecule has 1 fully saturated rings. The Hall–Kier alpha value is -3.64. The van der Waals surface area contributed by atoms with Gasteiger partial charge in [-0.25, -0.2) is 9.07 Å². The van der Waals surface area contributed by atoms with Crippen molar-refractivity contribution in [1.29, 1.82) is 0 Å². The number of alkyl halides is 3. The monoisotopic (exact) mass is 521 g/mol. The first kappa shape index (κ1) is 26.4. The average Bonchev–Trinajstić information content (AvgIpc) is 3.23. The Morgan fingerprint density at radius 3 is 2.46 bits per heavy atom. The molecule has 1 amide bonds. The van der Waals surface area contributed by atoms with Crippen LogP contribution in [-0.4, -0.2) is 42.2 Å². The predicted molar refractivity (Wildman–Crippen MR) is 128 cm³/mol. The normalized spacial score (nSPS) is 15.4. The molecule has 0 bridgehead atoms. The van der Waals surface area contributed by atoms with Crippen molar-refractivity contribution in [3.05, 3.63) is 65.0 Å². The summed E-state index contributed by atoms with van der Waals surface area (Å²) < 4.78 is 67.4. The van der Waals surface area contributed by atoms with Crippen LogP contribution in [-0.2, 0) is 23.4 Å². The lowest BCUT2D eigenvalue weighted by molar-refractivity contribution is -0.238. The number of carbonyl (C=O) groups excluding carboxylic acids is 1. The molecular formula is C25H27F4N5O3. The highest BCUT2D eigenvalue weighted by Gasteiger charge is 2.58. The molecule has 2 aromatic carbocycles. The molecule has 12 heteroatoms. The van der Waals surface area contributed by atoms with E-state index < -0.39 is 23.4 Å². The standard InChI is InChI=1S/C25H27F4N5O3/c1-36-20-7-6-17(26)12-18(20)23(35)32-14-15-2-4-16(5-3-15)21-19(13-30)22(31)34(33-21)24(25(27,28)29)8-10-37-11-9-24/h2-7,12H,8-11,13-14,30-31H2,1H3,(H,32,35). The van der Waals surface area contributed by atoms with Crippen molar-refractivity contribution in [3.8, 4) is 17.0 Å². The van der Waals surface area contributed by atoms with E-state index in [1.165, 1.54) is 19.2 Å². The number of aromatic nitrogens is 2. The number of nitrogens with zero attached hydrogens (tertiary/aromatic N) is 2. The van der Waals surface area contributed by atoms with Crippen LogP contribution >= 0.6 is 0 Å². The van der Waals surface area contributed by atoms with Crippen LogP contribution in [0.15, 0.2) is 42.5 Å². The van der Waals surface area contributed by atoms with Crippen LogP contribution in [0.3, 0.4) is 0 Å². The maximum Gasteiger partial charge on any atom is 0.413 e. The quantitative estimate of drug-likeness (QED) is 0.408. The maximum atomic E-state index is 14.2. The minimum absolute atomic E-state index is 0.0550. The number of nitrogens with two attached hydrogens (primary N) is 2. The lowest BCUT2D eigenvalue weighted by Gasteiger charge is -2.39. The van der Waals surface area contributed by atoms with Gasteiger partial charge < -0.3 is 26.3 Å². The van der Waals surface area contributed by atoms with Gasteiger partial charge in [0, 0.05) is 50.3 Å². The van der Waals surface area contributed by atoms with E-state index in [4.69, 9.17) is 20.9 Å². The molecule has 0 radical (unpaired) electrons. The average molecular weight is 522 g/mol. The lowest BCUT2D eigenvalue weighted by atomic mass is 9.89. The van der Waals surface area contributed by atoms with E-state index in [0.717, 1.165) is 10.7 Å². The van der Waals surface area contributed by atoms with Crippen LogP contribution in [0.1, 0.15) is 34.3 Å². The van der Waals surface area contributed by atoms with Gasteiger partial charge >= 0.3 is 6.18 Å². The topological polar surface area (TPSA) is 117 Å². The number of nitrogen functional groups attached to an aromatic ring is 1. The minimum atomic E-state index is -4.59. The molecule has 37 heavy (non-hydrogen) atoms. The molecule has 8 nitrogen and oxygen atoms in total. The lowest BCUT2D eigenvalue weighted by Crippen LogP contribution is -2.52. The number of hydrogen-bond donors (Lipinski definition) is 3. The van der Waals surface area contributed by atoms with E-state index in [1.54, 1.807) is 24.3 Å². The van der Waals surface area contributed by atoms with E-state index in [0.29, 0.717) is 16.7 Å². The van der Waals surface area contributed by atoms with Gasteiger partial charge in [0.2, 0.25) is 0 Å². The Morgan fingerprint density at radius 1 is 1.19 bits per heavy atom. The first-order valence-electron chi connectivity index (χ1n) is 11.5. The molecule has 5 N–H and O–H groups in total. The summed E-state index contributed by atoms with van der Waals surface area (Å²) >= 11 is 0. The second-order valence-electron chi connectivity index (χ2n) is 8.69. The van der Waals surface area contributed by atoms with Crippen LogP contribution in [0.5, 0.6) is 5.75 Å². The van der Waals surface area contributed by atoms with Gasteiger partial charge in [-0.15, -0.1) is 0 Å². The van der Waals surface area contributed by atoms with Crippen LogP contribution in [0.4, 0.5) is 23.4 Å². The maximum absolute atomic E-state index is 14.2. The van der Waals surface area contributed by atoms with Gasteiger partial charge in [0.1, 0.15) is 17.4 Å². The highest BCUT2D eigenvalue weighted by Crippen LogP contribution is 2.46. The van der Waals surface area contributed by atoms with Gasteiger partial charge in [-0.05, 0) is 23.8 Å². The van der Waals surface area contributed by atoms with Gasteiger partial charge in [-0.2, -0.15) is 18.3 Å². The molecule has 3 aromatic rings. The summed E-state index contributed by atoms with van der Waals surface area (Å²) in [4.78, 5) is 12.5. The molecule has 1 saturated heterocycles. The summed E-state index contributed by atoms with van der Waals surface area (Å²) in [5, 5.41) is 7.00. The Labute approximate surface area is 210 Å². The van der Waals surface area contributed by atoms with Crippen molar-refractivity contribution in [3.63, 3.8) is 0 Å². The molecule has 0 unspecified atom stereocenters. The van der Waals surface area contributed by atoms with Crippen LogP contribution in [0, 0.1) is 5.82 Å². The van der Waals surface area contributed by atoms with Crippen molar-refractivity contribution < 1.29 is 31.8 Å². The molecule has 4 rings (SSSR count). The summed E-state index contributed by atoms with van der Waals surface area (Å²) in [5.41, 5.74) is 11.6. The molecule has 0 spiro atoms. The van der Waals surface area contributed by atoms with Gasteiger partial charge in [0.05, 0.1) is 18.4 Å². The number of anilines is 1. The Bertz CT molecular complexity index is 1270. The highest BCUT2D eigenvalue weighted by molar-refractivity contribution is 5.96. The summed E-state index contributed by atoms with van der Waals surface area (Å²) in [6.45, 7) is -0.1000. The van der Waals surface area contributed by atoms with Crippen LogP contribution in [0.25, 0.3) is 11.3 Å². The summed E-state index contributed by atoms with van der Waals surface area (Å²) in [6.07, 6.45) is -5.20. The number of carbonyl (C=O) groups is 1. The smallest absolute Gasteiger partial charge is 0.413 e. The molecule has 198 valence electrons. The third-order valence-electron chi connectivity index (χ3n) is 6.57. The fraction of sp³-hybridized carbons (Fsp3) is 0.360. The van der Waals surface area contributed by atoms with Crippen molar-refractivity contribution in [2.75, 3.05) is 26.1 Å². The zero-order chi connectivity index (χ0) is 26.8. The minimum Gasteiger partial charge on any atom is -0.496 e. The van der Waals surface area contributed by atoms with E-state index in [1.807, 2.05) is 0 Å². The first-order chi connectivity index (χ1) is 17.6. The number of benzene rings is 2. The van der Waals surface area contributed by atoms with Crippen molar-refractivity contribution in [1.82, 2.24) is 15.1 Å². The van der Waals surface area contributed by atoms with Crippen LogP contribution in [0.2, 0.25) is 0 Å². The predicted octanol–water partition coefficient (Wildman–Crippen LogP) is 3.74. The SMILES string of the molecule is COc1ccc(F)cc1C(=O)NCc1ccc(-c2nn(C3(C(F)(F)F)CCOCC3)c(N)c2CN)cc1. The highest BCUT2D eigenvalue weighted by atomic mass is 19.4. The number of ether oxygens (including phenoxy) is 2. The van der Waals surface area contributed by atoms with Gasteiger partial charge in [0.25, 0.3) is 5.91 Å². The largest absolute Gasteiger partial charge is 0.496 e. The van der Waals surface area contributed by atoms with E-state index >= 15 is 0 Å². The number of amides is 1. The first-order valence-corrected chi connectivity index (χ1v) is 11.5. The summed E-state index contributed by atoms with van der Waals surface area (Å²) in [5.74, 6) is -0.987. The number of hydrogen-bond acceptors (Lipinski definition) is 6. The Morgan fingerprint density at radius 2 is 1.86 bits per heavy atom. The van der Waals surface area contributed by atoms with Gasteiger partial charge in [-0.1, -0.05) is 24.3 Å². The summed E-state index contributed by atoms with van der Waals surface area (Å²) in [7, 11) is 1.38. The molecule has 2 heterocycles. The molecule has 1 aliphatic heterocycles. The molecule has 0 atom stereocenters. The van der Waals surface area contributed by atoms with E-state index in [9.17, 15) is 22.4 Å². The third kappa shape index (κ3) is 4.98.